The summed E-state index contributed by atoms with van der Waals surface area (Å²) in [5.74, 6) is -0.825. The van der Waals surface area contributed by atoms with Crippen molar-refractivity contribution in [1.29, 1.82) is 0 Å². The third-order valence-electron chi connectivity index (χ3n) is 1.76. The van der Waals surface area contributed by atoms with E-state index >= 15 is 0 Å². The normalized spacial score (nSPS) is 11.0. The fraction of sp³-hybridized carbons (Fsp3) is 0.111. The van der Waals surface area contributed by atoms with Gasteiger partial charge in [0.1, 0.15) is 5.75 Å². The van der Waals surface area contributed by atoms with Gasteiger partial charge in [-0.1, -0.05) is 34.8 Å². The van der Waals surface area contributed by atoms with Crippen molar-refractivity contribution in [2.45, 2.75) is 3.79 Å². The summed E-state index contributed by atoms with van der Waals surface area (Å²) in [5.41, 5.74) is 0.520. The van der Waals surface area contributed by atoms with E-state index in [4.69, 9.17) is 47.0 Å². The summed E-state index contributed by atoms with van der Waals surface area (Å²) in [4.78, 5) is 11.4. The van der Waals surface area contributed by atoms with Gasteiger partial charge in [0.25, 0.3) is 9.70 Å². The SMILES string of the molecule is O=C(NC(=S)Nc1cc(Br)c(O)c(Br)c1)C(Cl)(Cl)Cl. The van der Waals surface area contributed by atoms with Crippen molar-refractivity contribution in [3.05, 3.63) is 21.1 Å². The predicted molar refractivity (Wildman–Crippen MR) is 88.2 cm³/mol. The number of alkyl halides is 3. The summed E-state index contributed by atoms with van der Waals surface area (Å²) in [6.45, 7) is 0. The fourth-order valence-electron chi connectivity index (χ4n) is 0.974. The van der Waals surface area contributed by atoms with Crippen molar-refractivity contribution in [3.63, 3.8) is 0 Å². The van der Waals surface area contributed by atoms with Gasteiger partial charge in [-0.25, -0.2) is 0 Å². The van der Waals surface area contributed by atoms with Crippen LogP contribution in [0.25, 0.3) is 0 Å². The zero-order chi connectivity index (χ0) is 14.8. The van der Waals surface area contributed by atoms with Gasteiger partial charge in [0.2, 0.25) is 0 Å². The standard InChI is InChI=1S/C9H5Br2Cl3N2O2S/c10-4-1-3(2-5(11)6(4)17)15-8(19)16-7(18)9(12,13)14/h1-2,17H,(H2,15,16,18,19). The minimum Gasteiger partial charge on any atom is -0.506 e. The smallest absolute Gasteiger partial charge is 0.278 e. The number of rotatable bonds is 1. The van der Waals surface area contributed by atoms with E-state index in [1.54, 1.807) is 12.1 Å². The largest absolute Gasteiger partial charge is 0.506 e. The highest BCUT2D eigenvalue weighted by molar-refractivity contribution is 9.11. The number of phenols is 1. The summed E-state index contributed by atoms with van der Waals surface area (Å²) in [7, 11) is 0. The van der Waals surface area contributed by atoms with Crippen LogP contribution in [-0.2, 0) is 4.79 Å². The Bertz CT molecular complexity index is 514. The van der Waals surface area contributed by atoms with Gasteiger partial charge < -0.3 is 10.4 Å². The molecule has 0 fully saturated rings. The van der Waals surface area contributed by atoms with Crippen LogP contribution in [0.3, 0.4) is 0 Å². The first-order chi connectivity index (χ1) is 8.61. The molecular formula is C9H5Br2Cl3N2O2S. The molecular weight excluding hydrogens is 466 g/mol. The molecule has 0 saturated carbocycles. The van der Waals surface area contributed by atoms with Crippen molar-refractivity contribution in [1.82, 2.24) is 5.32 Å². The molecule has 0 aliphatic rings. The summed E-state index contributed by atoms with van der Waals surface area (Å²) >= 11 is 27.4. The quantitative estimate of drug-likeness (QED) is 0.328. The highest BCUT2D eigenvalue weighted by Gasteiger charge is 2.31. The Balaban J connectivity index is 2.76. The molecule has 1 rings (SSSR count). The predicted octanol–water partition coefficient (Wildman–Crippen LogP) is 4.10. The summed E-state index contributed by atoms with van der Waals surface area (Å²) < 4.78 is -1.21. The van der Waals surface area contributed by atoms with Crippen LogP contribution in [0, 0.1) is 0 Å². The minimum atomic E-state index is -2.10. The molecule has 0 bridgehead atoms. The third-order valence-corrected chi connectivity index (χ3v) is 3.69. The number of thiocarbonyl (C=S) groups is 1. The molecule has 0 atom stereocenters. The van der Waals surface area contributed by atoms with Crippen LogP contribution >= 0.6 is 78.9 Å². The number of phenolic OH excluding ortho intramolecular Hbond substituents is 1. The molecule has 0 unspecified atom stereocenters. The molecule has 0 spiro atoms. The molecule has 10 heteroatoms. The van der Waals surface area contributed by atoms with E-state index in [-0.39, 0.29) is 10.9 Å². The lowest BCUT2D eigenvalue weighted by atomic mass is 10.3. The van der Waals surface area contributed by atoms with Crippen LogP contribution in [0.1, 0.15) is 0 Å². The Morgan fingerprint density at radius 3 is 2.16 bits per heavy atom. The van der Waals surface area contributed by atoms with E-state index < -0.39 is 9.70 Å². The van der Waals surface area contributed by atoms with Gasteiger partial charge >= 0.3 is 0 Å². The van der Waals surface area contributed by atoms with E-state index in [0.717, 1.165) is 0 Å². The van der Waals surface area contributed by atoms with Gasteiger partial charge in [0.05, 0.1) is 8.95 Å². The molecule has 1 amide bonds. The third kappa shape index (κ3) is 5.24. The lowest BCUT2D eigenvalue weighted by Gasteiger charge is -2.14. The van der Waals surface area contributed by atoms with Crippen molar-refractivity contribution in [2.24, 2.45) is 0 Å². The van der Waals surface area contributed by atoms with Gasteiger partial charge in [-0.05, 0) is 56.2 Å². The van der Waals surface area contributed by atoms with Crippen molar-refractivity contribution < 1.29 is 9.90 Å². The number of hydrogen-bond donors (Lipinski definition) is 3. The van der Waals surface area contributed by atoms with Gasteiger partial charge in [0, 0.05) is 5.69 Å². The van der Waals surface area contributed by atoms with Crippen LogP contribution in [0.15, 0.2) is 21.1 Å². The maximum absolute atomic E-state index is 11.4. The zero-order valence-electron chi connectivity index (χ0n) is 8.81. The van der Waals surface area contributed by atoms with Crippen LogP contribution in [0.2, 0.25) is 0 Å². The Kier molecular flexibility index (Phi) is 6.16. The van der Waals surface area contributed by atoms with E-state index in [2.05, 4.69) is 42.5 Å². The van der Waals surface area contributed by atoms with Crippen molar-refractivity contribution in [2.75, 3.05) is 5.32 Å². The molecule has 0 aliphatic heterocycles. The first-order valence-corrected chi connectivity index (χ1v) is 7.61. The second-order valence-corrected chi connectivity index (χ2v) is 7.59. The molecule has 1 aromatic carbocycles. The van der Waals surface area contributed by atoms with Crippen LogP contribution < -0.4 is 10.6 Å². The van der Waals surface area contributed by atoms with E-state index in [1.165, 1.54) is 0 Å². The van der Waals surface area contributed by atoms with Gasteiger partial charge in [-0.15, -0.1) is 0 Å². The number of carbonyl (C=O) groups excluding carboxylic acids is 1. The molecule has 0 aliphatic carbocycles. The molecule has 0 saturated heterocycles. The van der Waals surface area contributed by atoms with Crippen LogP contribution in [0.4, 0.5) is 5.69 Å². The van der Waals surface area contributed by atoms with Gasteiger partial charge in [-0.2, -0.15) is 0 Å². The number of hydrogen-bond acceptors (Lipinski definition) is 3. The number of aromatic hydroxyl groups is 1. The van der Waals surface area contributed by atoms with E-state index in [1.807, 2.05) is 0 Å². The van der Waals surface area contributed by atoms with Crippen molar-refractivity contribution in [3.8, 4) is 5.75 Å². The molecule has 104 valence electrons. The Morgan fingerprint density at radius 1 is 1.26 bits per heavy atom. The number of nitrogens with one attached hydrogen (secondary N) is 2. The second-order valence-electron chi connectivity index (χ2n) is 3.19. The molecule has 4 nitrogen and oxygen atoms in total. The average molecular weight is 471 g/mol. The second kappa shape index (κ2) is 6.78. The molecule has 1 aromatic rings. The summed E-state index contributed by atoms with van der Waals surface area (Å²) in [6, 6.07) is 3.13. The van der Waals surface area contributed by atoms with Crippen LogP contribution in [0.5, 0.6) is 5.75 Å². The Hall–Kier alpha value is 0.210. The summed E-state index contributed by atoms with van der Waals surface area (Å²) in [6.07, 6.45) is 0. The van der Waals surface area contributed by atoms with Crippen LogP contribution in [-0.4, -0.2) is 19.9 Å². The monoisotopic (exact) mass is 468 g/mol. The van der Waals surface area contributed by atoms with Crippen molar-refractivity contribution >= 4 is 95.6 Å². The Morgan fingerprint density at radius 2 is 1.74 bits per heavy atom. The van der Waals surface area contributed by atoms with Gasteiger partial charge in [0.15, 0.2) is 5.11 Å². The molecule has 3 N–H and O–H groups in total. The lowest BCUT2D eigenvalue weighted by molar-refractivity contribution is -0.118. The molecule has 19 heavy (non-hydrogen) atoms. The first-order valence-electron chi connectivity index (χ1n) is 4.48. The summed E-state index contributed by atoms with van der Waals surface area (Å²) in [5, 5.41) is 14.4. The maximum atomic E-state index is 11.4. The molecule has 0 aromatic heterocycles. The fourth-order valence-corrected chi connectivity index (χ4v) is 2.51. The minimum absolute atomic E-state index is 0.0409. The average Bonchev–Trinajstić information content (AvgIpc) is 2.24. The van der Waals surface area contributed by atoms with E-state index in [9.17, 15) is 9.90 Å². The lowest BCUT2D eigenvalue weighted by Crippen LogP contribution is -2.41. The van der Waals surface area contributed by atoms with E-state index in [0.29, 0.717) is 14.6 Å². The Labute approximate surface area is 146 Å². The topological polar surface area (TPSA) is 61.4 Å². The number of anilines is 1. The first kappa shape index (κ1) is 17.3. The molecule has 0 radical (unpaired) electrons. The number of amides is 1. The molecule has 0 heterocycles. The number of benzene rings is 1. The zero-order valence-corrected chi connectivity index (χ0v) is 15.1. The van der Waals surface area contributed by atoms with Gasteiger partial charge in [-0.3, -0.25) is 10.1 Å². The number of carbonyl (C=O) groups is 1. The highest BCUT2D eigenvalue weighted by Crippen LogP contribution is 2.35. The highest BCUT2D eigenvalue weighted by atomic mass is 79.9. The number of halogens is 5. The maximum Gasteiger partial charge on any atom is 0.278 e.